The standard InChI is InChI=1S/C26H31FN6O3/c1-17-4-2-3-14-33(17)15-13-29-24(35)22-26(25(28)36,31-16-30-22)19-7-11-21(12-8-19)32-23(34)18-5-9-20(27)10-6-18/h5-12,16-17,22H,2-4,13-15H2,1H3,(H2,28,36)(H,29,35)(H,30,31)(H,32,34). The molecule has 9 nitrogen and oxygen atoms in total. The number of carbonyl (C=O) groups is 3. The van der Waals surface area contributed by atoms with E-state index in [2.05, 4.69) is 32.8 Å². The lowest BCUT2D eigenvalue weighted by molar-refractivity contribution is -0.131. The Labute approximate surface area is 209 Å². The molecule has 0 saturated carbocycles. The van der Waals surface area contributed by atoms with E-state index in [1.807, 2.05) is 0 Å². The molecule has 36 heavy (non-hydrogen) atoms. The van der Waals surface area contributed by atoms with Crippen LogP contribution < -0.4 is 21.7 Å². The van der Waals surface area contributed by atoms with Gasteiger partial charge in [0.05, 0.1) is 6.34 Å². The lowest BCUT2D eigenvalue weighted by Crippen LogP contribution is -2.60. The number of nitrogens with zero attached hydrogens (tertiary/aromatic N) is 2. The van der Waals surface area contributed by atoms with Crippen LogP contribution in [0.25, 0.3) is 0 Å². The van der Waals surface area contributed by atoms with Crippen molar-refractivity contribution in [3.05, 3.63) is 65.5 Å². The molecule has 4 rings (SSSR count). The van der Waals surface area contributed by atoms with E-state index in [-0.39, 0.29) is 0 Å². The van der Waals surface area contributed by atoms with Gasteiger partial charge in [-0.2, -0.15) is 0 Å². The molecule has 3 amide bonds. The van der Waals surface area contributed by atoms with E-state index in [0.717, 1.165) is 25.9 Å². The number of carbonyl (C=O) groups excluding carboxylic acids is 3. The minimum absolute atomic E-state index is 0.302. The van der Waals surface area contributed by atoms with Gasteiger partial charge in [0.2, 0.25) is 5.91 Å². The fourth-order valence-corrected chi connectivity index (χ4v) is 4.79. The van der Waals surface area contributed by atoms with Gasteiger partial charge in [0.1, 0.15) is 5.82 Å². The Morgan fingerprint density at radius 2 is 1.86 bits per heavy atom. The third-order valence-corrected chi connectivity index (χ3v) is 6.91. The molecule has 2 aliphatic rings. The fraction of sp³-hybridized carbons (Fsp3) is 0.385. The zero-order valence-electron chi connectivity index (χ0n) is 20.2. The molecular formula is C26H31FN6O3. The molecule has 0 aliphatic carbocycles. The number of nitrogens with two attached hydrogens (primary N) is 1. The summed E-state index contributed by atoms with van der Waals surface area (Å²) >= 11 is 0. The molecule has 1 saturated heterocycles. The number of nitrogens with one attached hydrogen (secondary N) is 3. The number of benzene rings is 2. The smallest absolute Gasteiger partial charge is 0.255 e. The average Bonchev–Trinajstić information content (AvgIpc) is 3.32. The van der Waals surface area contributed by atoms with Gasteiger partial charge in [-0.3, -0.25) is 24.3 Å². The predicted molar refractivity (Wildman–Crippen MR) is 135 cm³/mol. The van der Waals surface area contributed by atoms with E-state index < -0.39 is 35.1 Å². The second-order valence-electron chi connectivity index (χ2n) is 9.21. The van der Waals surface area contributed by atoms with Crippen LogP contribution in [0.1, 0.15) is 42.1 Å². The summed E-state index contributed by atoms with van der Waals surface area (Å²) in [5, 5.41) is 8.52. The van der Waals surface area contributed by atoms with Crippen molar-refractivity contribution in [3.63, 3.8) is 0 Å². The Morgan fingerprint density at radius 1 is 1.14 bits per heavy atom. The number of anilines is 1. The summed E-state index contributed by atoms with van der Waals surface area (Å²) in [5.41, 5.74) is 5.44. The van der Waals surface area contributed by atoms with Crippen molar-refractivity contribution in [2.24, 2.45) is 10.7 Å². The van der Waals surface area contributed by atoms with Gasteiger partial charge in [-0.25, -0.2) is 4.39 Å². The number of aliphatic imine (C=N–C) groups is 1. The number of hydrogen-bond donors (Lipinski definition) is 4. The maximum atomic E-state index is 13.1. The lowest BCUT2D eigenvalue weighted by atomic mass is 9.82. The number of likely N-dealkylation sites (tertiary alicyclic amines) is 1. The van der Waals surface area contributed by atoms with Gasteiger partial charge < -0.3 is 21.7 Å². The first-order chi connectivity index (χ1) is 17.3. The van der Waals surface area contributed by atoms with Crippen LogP contribution in [0.2, 0.25) is 0 Å². The van der Waals surface area contributed by atoms with Gasteiger partial charge >= 0.3 is 0 Å². The summed E-state index contributed by atoms with van der Waals surface area (Å²) in [4.78, 5) is 44.7. The van der Waals surface area contributed by atoms with Crippen molar-refractivity contribution in [1.82, 2.24) is 15.5 Å². The minimum atomic E-state index is -1.55. The highest BCUT2D eigenvalue weighted by molar-refractivity contribution is 6.04. The van der Waals surface area contributed by atoms with E-state index >= 15 is 0 Å². The van der Waals surface area contributed by atoms with Crippen molar-refractivity contribution in [3.8, 4) is 0 Å². The van der Waals surface area contributed by atoms with Crippen LogP contribution >= 0.6 is 0 Å². The van der Waals surface area contributed by atoms with E-state index in [0.29, 0.717) is 29.4 Å². The SMILES string of the molecule is CC1CCCCN1CCNC(=O)C1N=CNC1(C(N)=O)c1ccc(NC(=O)c2ccc(F)cc2)cc1. The number of halogens is 1. The summed E-state index contributed by atoms with van der Waals surface area (Å²) in [7, 11) is 0. The molecule has 3 unspecified atom stereocenters. The van der Waals surface area contributed by atoms with Crippen LogP contribution in [0.5, 0.6) is 0 Å². The molecule has 190 valence electrons. The van der Waals surface area contributed by atoms with Crippen LogP contribution in [0, 0.1) is 5.82 Å². The summed E-state index contributed by atoms with van der Waals surface area (Å²) in [6.45, 7) is 4.37. The molecule has 0 radical (unpaired) electrons. The van der Waals surface area contributed by atoms with Crippen LogP contribution in [-0.2, 0) is 15.1 Å². The molecule has 2 aliphatic heterocycles. The topological polar surface area (TPSA) is 129 Å². The second-order valence-corrected chi connectivity index (χ2v) is 9.21. The van der Waals surface area contributed by atoms with Gasteiger partial charge in [-0.1, -0.05) is 18.6 Å². The van der Waals surface area contributed by atoms with Crippen molar-refractivity contribution in [2.75, 3.05) is 25.0 Å². The second kappa shape index (κ2) is 10.9. The molecule has 0 spiro atoms. The average molecular weight is 495 g/mol. The summed E-state index contributed by atoms with van der Waals surface area (Å²) in [5.74, 6) is -1.98. The molecule has 1 fully saturated rings. The summed E-state index contributed by atoms with van der Waals surface area (Å²) < 4.78 is 13.1. The molecule has 10 heteroatoms. The molecule has 0 bridgehead atoms. The first-order valence-corrected chi connectivity index (χ1v) is 12.1. The number of rotatable bonds is 8. The summed E-state index contributed by atoms with van der Waals surface area (Å²) in [6, 6.07) is 11.0. The van der Waals surface area contributed by atoms with Crippen molar-refractivity contribution in [1.29, 1.82) is 0 Å². The van der Waals surface area contributed by atoms with Crippen LogP contribution in [0.3, 0.4) is 0 Å². The highest BCUT2D eigenvalue weighted by atomic mass is 19.1. The van der Waals surface area contributed by atoms with E-state index in [1.54, 1.807) is 24.3 Å². The quantitative estimate of drug-likeness (QED) is 0.444. The largest absolute Gasteiger partial charge is 0.367 e. The van der Waals surface area contributed by atoms with Crippen LogP contribution in [0.15, 0.2) is 53.5 Å². The fourth-order valence-electron chi connectivity index (χ4n) is 4.79. The maximum absolute atomic E-state index is 13.1. The number of amides is 3. The first-order valence-electron chi connectivity index (χ1n) is 12.1. The molecule has 3 atom stereocenters. The molecule has 0 aromatic heterocycles. The lowest BCUT2D eigenvalue weighted by Gasteiger charge is -2.34. The maximum Gasteiger partial charge on any atom is 0.255 e. The zero-order chi connectivity index (χ0) is 25.7. The number of hydrogen-bond acceptors (Lipinski definition) is 6. The third-order valence-electron chi connectivity index (χ3n) is 6.91. The van der Waals surface area contributed by atoms with Crippen molar-refractivity contribution >= 4 is 29.7 Å². The number of primary amides is 1. The van der Waals surface area contributed by atoms with Gasteiger partial charge in [0, 0.05) is 30.4 Å². The van der Waals surface area contributed by atoms with Crippen LogP contribution in [-0.4, -0.2) is 60.7 Å². The Balaban J connectivity index is 1.44. The molecule has 2 aromatic rings. The monoisotopic (exact) mass is 494 g/mol. The Kier molecular flexibility index (Phi) is 7.64. The normalized spacial score (nSPS) is 23.6. The van der Waals surface area contributed by atoms with Gasteiger partial charge in [0.25, 0.3) is 11.8 Å². The van der Waals surface area contributed by atoms with E-state index in [4.69, 9.17) is 5.73 Å². The van der Waals surface area contributed by atoms with E-state index in [1.165, 1.54) is 37.0 Å². The Bertz CT molecular complexity index is 1140. The Morgan fingerprint density at radius 3 is 2.53 bits per heavy atom. The molecule has 2 aromatic carbocycles. The van der Waals surface area contributed by atoms with Gasteiger partial charge in [-0.15, -0.1) is 0 Å². The summed E-state index contributed by atoms with van der Waals surface area (Å²) in [6.07, 6.45) is 4.85. The van der Waals surface area contributed by atoms with Gasteiger partial charge in [0.15, 0.2) is 11.6 Å². The van der Waals surface area contributed by atoms with Crippen molar-refractivity contribution < 1.29 is 18.8 Å². The Hall–Kier alpha value is -3.79. The highest BCUT2D eigenvalue weighted by Gasteiger charge is 2.52. The van der Waals surface area contributed by atoms with Crippen molar-refractivity contribution in [2.45, 2.75) is 43.8 Å². The first kappa shape index (κ1) is 25.3. The van der Waals surface area contributed by atoms with E-state index in [9.17, 15) is 18.8 Å². The highest BCUT2D eigenvalue weighted by Crippen LogP contribution is 2.31. The number of piperidine rings is 1. The van der Waals surface area contributed by atoms with Crippen LogP contribution in [0.4, 0.5) is 10.1 Å². The zero-order valence-corrected chi connectivity index (χ0v) is 20.2. The van der Waals surface area contributed by atoms with Gasteiger partial charge in [-0.05, 0) is 68.3 Å². The predicted octanol–water partition coefficient (Wildman–Crippen LogP) is 1.75. The minimum Gasteiger partial charge on any atom is -0.367 e. The molecule has 5 N–H and O–H groups in total. The third kappa shape index (κ3) is 5.23. The molecular weight excluding hydrogens is 463 g/mol. The molecule has 2 heterocycles.